The van der Waals surface area contributed by atoms with Crippen molar-refractivity contribution in [1.82, 2.24) is 5.32 Å². The quantitative estimate of drug-likeness (QED) is 0.550. The highest BCUT2D eigenvalue weighted by atomic mass is 16.5. The molecule has 0 saturated carbocycles. The summed E-state index contributed by atoms with van der Waals surface area (Å²) in [5, 5.41) is 5.86. The number of hydrogen-bond donors (Lipinski definition) is 2. The van der Waals surface area contributed by atoms with Gasteiger partial charge in [0, 0.05) is 23.2 Å². The highest BCUT2D eigenvalue weighted by molar-refractivity contribution is 5.96. The predicted molar refractivity (Wildman–Crippen MR) is 118 cm³/mol. The fourth-order valence-corrected chi connectivity index (χ4v) is 3.01. The smallest absolute Gasteiger partial charge is 0.252 e. The van der Waals surface area contributed by atoms with E-state index >= 15 is 0 Å². The van der Waals surface area contributed by atoms with Gasteiger partial charge in [-0.25, -0.2) is 0 Å². The lowest BCUT2D eigenvalue weighted by atomic mass is 10.0. The van der Waals surface area contributed by atoms with Crippen LogP contribution in [0.4, 0.5) is 5.69 Å². The molecule has 1 atom stereocenters. The Morgan fingerprint density at radius 1 is 0.900 bits per heavy atom. The molecular weight excluding hydrogens is 376 g/mol. The van der Waals surface area contributed by atoms with Crippen molar-refractivity contribution in [1.29, 1.82) is 0 Å². The fraction of sp³-hybridized carbons (Fsp3) is 0.200. The highest BCUT2D eigenvalue weighted by Gasteiger charge is 2.15. The van der Waals surface area contributed by atoms with Gasteiger partial charge in [0.1, 0.15) is 12.4 Å². The number of rotatable bonds is 8. The number of hydrogen-bond acceptors (Lipinski definition) is 3. The molecule has 5 heteroatoms. The molecule has 0 aliphatic rings. The molecule has 0 aliphatic carbocycles. The number of nitrogens with one attached hydrogen (secondary N) is 2. The van der Waals surface area contributed by atoms with Crippen LogP contribution in [0, 0.1) is 0 Å². The van der Waals surface area contributed by atoms with Crippen molar-refractivity contribution in [3.63, 3.8) is 0 Å². The number of ether oxygens (including phenoxy) is 1. The second kappa shape index (κ2) is 10.3. The van der Waals surface area contributed by atoms with Crippen LogP contribution in [-0.4, -0.2) is 11.8 Å². The zero-order valence-corrected chi connectivity index (χ0v) is 17.2. The van der Waals surface area contributed by atoms with Crippen LogP contribution in [0.1, 0.15) is 47.8 Å². The van der Waals surface area contributed by atoms with Gasteiger partial charge in [0.15, 0.2) is 0 Å². The second-order valence-electron chi connectivity index (χ2n) is 6.98. The summed E-state index contributed by atoms with van der Waals surface area (Å²) in [7, 11) is 0. The summed E-state index contributed by atoms with van der Waals surface area (Å²) in [4.78, 5) is 24.4. The molecule has 0 heterocycles. The van der Waals surface area contributed by atoms with Crippen LogP contribution < -0.4 is 15.4 Å². The van der Waals surface area contributed by atoms with E-state index in [-0.39, 0.29) is 17.9 Å². The zero-order chi connectivity index (χ0) is 21.3. The van der Waals surface area contributed by atoms with Gasteiger partial charge in [0.25, 0.3) is 5.91 Å². The Morgan fingerprint density at radius 2 is 1.57 bits per heavy atom. The molecule has 2 amide bonds. The van der Waals surface area contributed by atoms with E-state index in [1.54, 1.807) is 6.07 Å². The minimum atomic E-state index is -0.184. The summed E-state index contributed by atoms with van der Waals surface area (Å²) in [6.45, 7) is 4.05. The average Bonchev–Trinajstić information content (AvgIpc) is 2.79. The SMILES string of the molecule is CCC(=O)Nc1ccc(C(C)NC(=O)c2ccccc2COc2ccccc2)cc1. The van der Waals surface area contributed by atoms with Gasteiger partial charge in [0.2, 0.25) is 5.91 Å². The van der Waals surface area contributed by atoms with Crippen molar-refractivity contribution in [2.75, 3.05) is 5.32 Å². The van der Waals surface area contributed by atoms with Gasteiger partial charge in [-0.05, 0) is 42.8 Å². The molecule has 3 aromatic carbocycles. The standard InChI is InChI=1S/C25H26N2O3/c1-3-24(28)27-21-15-13-19(14-16-21)18(2)26-25(29)23-12-8-7-9-20(23)17-30-22-10-5-4-6-11-22/h4-16,18H,3,17H2,1-2H3,(H,26,29)(H,27,28). The molecule has 30 heavy (non-hydrogen) atoms. The van der Waals surface area contributed by atoms with E-state index in [9.17, 15) is 9.59 Å². The van der Waals surface area contributed by atoms with Crippen LogP contribution in [0.15, 0.2) is 78.9 Å². The molecular formula is C25H26N2O3. The van der Waals surface area contributed by atoms with Crippen molar-refractivity contribution < 1.29 is 14.3 Å². The third-order valence-electron chi connectivity index (χ3n) is 4.76. The van der Waals surface area contributed by atoms with E-state index in [0.717, 1.165) is 22.6 Å². The Labute approximate surface area is 177 Å². The van der Waals surface area contributed by atoms with E-state index in [4.69, 9.17) is 4.74 Å². The minimum absolute atomic E-state index is 0.0292. The summed E-state index contributed by atoms with van der Waals surface area (Å²) in [5.41, 5.74) is 3.11. The predicted octanol–water partition coefficient (Wildman–Crippen LogP) is 5.11. The van der Waals surface area contributed by atoms with Crippen molar-refractivity contribution in [2.24, 2.45) is 0 Å². The first-order valence-electron chi connectivity index (χ1n) is 10.0. The summed E-state index contributed by atoms with van der Waals surface area (Å²) < 4.78 is 5.81. The van der Waals surface area contributed by atoms with Gasteiger partial charge < -0.3 is 15.4 Å². The topological polar surface area (TPSA) is 67.4 Å². The zero-order valence-electron chi connectivity index (χ0n) is 17.2. The van der Waals surface area contributed by atoms with E-state index in [0.29, 0.717) is 18.6 Å². The van der Waals surface area contributed by atoms with E-state index in [2.05, 4.69) is 10.6 Å². The first-order chi connectivity index (χ1) is 14.6. The number of benzene rings is 3. The third kappa shape index (κ3) is 5.70. The van der Waals surface area contributed by atoms with Crippen molar-refractivity contribution >= 4 is 17.5 Å². The molecule has 0 fully saturated rings. The Kier molecular flexibility index (Phi) is 7.22. The number of anilines is 1. The number of carbonyl (C=O) groups is 2. The van der Waals surface area contributed by atoms with Gasteiger partial charge in [-0.1, -0.05) is 55.5 Å². The summed E-state index contributed by atoms with van der Waals surface area (Å²) in [6, 6.07) is 24.3. The van der Waals surface area contributed by atoms with E-state index in [1.807, 2.05) is 86.6 Å². The minimum Gasteiger partial charge on any atom is -0.489 e. The first-order valence-corrected chi connectivity index (χ1v) is 10.0. The summed E-state index contributed by atoms with van der Waals surface area (Å²) in [5.74, 6) is 0.577. The van der Waals surface area contributed by atoms with Crippen molar-refractivity contribution in [3.8, 4) is 5.75 Å². The molecule has 0 aliphatic heterocycles. The molecule has 3 aromatic rings. The number of carbonyl (C=O) groups excluding carboxylic acids is 2. The van der Waals surface area contributed by atoms with Crippen LogP contribution in [-0.2, 0) is 11.4 Å². The number of para-hydroxylation sites is 1. The molecule has 3 rings (SSSR count). The normalized spacial score (nSPS) is 11.4. The lowest BCUT2D eigenvalue weighted by Crippen LogP contribution is -2.27. The monoisotopic (exact) mass is 402 g/mol. The Balaban J connectivity index is 1.64. The molecule has 0 bridgehead atoms. The molecule has 2 N–H and O–H groups in total. The largest absolute Gasteiger partial charge is 0.489 e. The van der Waals surface area contributed by atoms with Gasteiger partial charge in [-0.3, -0.25) is 9.59 Å². The Hall–Kier alpha value is -3.60. The molecule has 0 saturated heterocycles. The lowest BCUT2D eigenvalue weighted by Gasteiger charge is -2.17. The van der Waals surface area contributed by atoms with Crippen LogP contribution in [0.3, 0.4) is 0 Å². The average molecular weight is 402 g/mol. The second-order valence-corrected chi connectivity index (χ2v) is 6.98. The van der Waals surface area contributed by atoms with Crippen LogP contribution in [0.25, 0.3) is 0 Å². The maximum Gasteiger partial charge on any atom is 0.252 e. The maximum absolute atomic E-state index is 12.9. The number of amides is 2. The van der Waals surface area contributed by atoms with Crippen LogP contribution in [0.2, 0.25) is 0 Å². The molecule has 154 valence electrons. The van der Waals surface area contributed by atoms with E-state index in [1.165, 1.54) is 0 Å². The molecule has 5 nitrogen and oxygen atoms in total. The van der Waals surface area contributed by atoms with Crippen molar-refractivity contribution in [2.45, 2.75) is 32.9 Å². The van der Waals surface area contributed by atoms with Crippen molar-refractivity contribution in [3.05, 3.63) is 95.6 Å². The van der Waals surface area contributed by atoms with Gasteiger partial charge in [-0.15, -0.1) is 0 Å². The molecule has 0 spiro atoms. The highest BCUT2D eigenvalue weighted by Crippen LogP contribution is 2.19. The van der Waals surface area contributed by atoms with Crippen LogP contribution in [0.5, 0.6) is 5.75 Å². The third-order valence-corrected chi connectivity index (χ3v) is 4.76. The molecule has 1 unspecified atom stereocenters. The first kappa shape index (κ1) is 21.1. The fourth-order valence-electron chi connectivity index (χ4n) is 3.01. The van der Waals surface area contributed by atoms with Gasteiger partial charge in [0.05, 0.1) is 6.04 Å². The van der Waals surface area contributed by atoms with E-state index < -0.39 is 0 Å². The maximum atomic E-state index is 12.9. The van der Waals surface area contributed by atoms with Crippen LogP contribution >= 0.6 is 0 Å². The Morgan fingerprint density at radius 3 is 2.27 bits per heavy atom. The lowest BCUT2D eigenvalue weighted by molar-refractivity contribution is -0.115. The Bertz CT molecular complexity index is 985. The summed E-state index contributed by atoms with van der Waals surface area (Å²) in [6.07, 6.45) is 0.432. The summed E-state index contributed by atoms with van der Waals surface area (Å²) >= 11 is 0. The van der Waals surface area contributed by atoms with Gasteiger partial charge >= 0.3 is 0 Å². The molecule has 0 radical (unpaired) electrons. The molecule has 0 aromatic heterocycles. The van der Waals surface area contributed by atoms with Gasteiger partial charge in [-0.2, -0.15) is 0 Å².